The van der Waals surface area contributed by atoms with Gasteiger partial charge in [0.05, 0.1) is 12.4 Å². The Balaban J connectivity index is 2.03. The number of carboxylic acids is 1. The Morgan fingerprint density at radius 1 is 1.67 bits per heavy atom. The predicted octanol–water partition coefficient (Wildman–Crippen LogP) is 0.782. The Morgan fingerprint density at radius 2 is 2.47 bits per heavy atom. The standard InChI is InChI=1S/C10H13NO4/c1-6-9(10(12)13)11-5-8(15-6)7-3-2-4-14-7/h2-4,6,8-9,11H,5H2,1H3,(H,12,13). The topological polar surface area (TPSA) is 71.7 Å². The third kappa shape index (κ3) is 2.03. The highest BCUT2D eigenvalue weighted by atomic mass is 16.5. The number of furan rings is 1. The summed E-state index contributed by atoms with van der Waals surface area (Å²) < 4.78 is 10.8. The molecule has 0 saturated carbocycles. The Kier molecular flexibility index (Phi) is 2.75. The molecular weight excluding hydrogens is 198 g/mol. The van der Waals surface area contributed by atoms with Crippen LogP contribution in [0.4, 0.5) is 0 Å². The normalized spacial score (nSPS) is 31.4. The van der Waals surface area contributed by atoms with Crippen molar-refractivity contribution in [2.24, 2.45) is 0 Å². The number of aliphatic carboxylic acids is 1. The van der Waals surface area contributed by atoms with E-state index in [0.717, 1.165) is 5.76 Å². The van der Waals surface area contributed by atoms with Gasteiger partial charge in [-0.2, -0.15) is 0 Å². The zero-order valence-electron chi connectivity index (χ0n) is 8.34. The number of hydrogen-bond donors (Lipinski definition) is 2. The smallest absolute Gasteiger partial charge is 0.323 e. The molecule has 1 aliphatic rings. The molecule has 3 unspecified atom stereocenters. The van der Waals surface area contributed by atoms with Gasteiger partial charge in [0, 0.05) is 6.54 Å². The fourth-order valence-corrected chi connectivity index (χ4v) is 1.72. The average molecular weight is 211 g/mol. The first-order valence-corrected chi connectivity index (χ1v) is 4.83. The number of carbonyl (C=O) groups is 1. The van der Waals surface area contributed by atoms with Gasteiger partial charge in [0.25, 0.3) is 0 Å². The van der Waals surface area contributed by atoms with Gasteiger partial charge in [-0.05, 0) is 19.1 Å². The molecule has 0 spiro atoms. The summed E-state index contributed by atoms with van der Waals surface area (Å²) in [5.74, 6) is -0.168. The molecule has 5 heteroatoms. The summed E-state index contributed by atoms with van der Waals surface area (Å²) >= 11 is 0. The van der Waals surface area contributed by atoms with Crippen molar-refractivity contribution in [3.05, 3.63) is 24.2 Å². The maximum Gasteiger partial charge on any atom is 0.323 e. The molecule has 0 radical (unpaired) electrons. The Labute approximate surface area is 87.0 Å². The van der Waals surface area contributed by atoms with Crippen molar-refractivity contribution in [3.8, 4) is 0 Å². The van der Waals surface area contributed by atoms with Gasteiger partial charge in [-0.15, -0.1) is 0 Å². The molecule has 2 heterocycles. The van der Waals surface area contributed by atoms with E-state index in [1.165, 1.54) is 0 Å². The first kappa shape index (κ1) is 10.2. The largest absolute Gasteiger partial charge is 0.480 e. The minimum absolute atomic E-state index is 0.203. The summed E-state index contributed by atoms with van der Waals surface area (Å²) in [6.07, 6.45) is 1.00. The molecule has 0 amide bonds. The molecule has 5 nitrogen and oxygen atoms in total. The highest BCUT2D eigenvalue weighted by Crippen LogP contribution is 2.23. The molecule has 0 aliphatic carbocycles. The highest BCUT2D eigenvalue weighted by Gasteiger charge is 2.34. The van der Waals surface area contributed by atoms with E-state index in [1.807, 2.05) is 6.07 Å². The first-order valence-electron chi connectivity index (χ1n) is 4.83. The Bertz CT molecular complexity index is 335. The molecule has 2 rings (SSSR count). The Morgan fingerprint density at radius 3 is 3.00 bits per heavy atom. The number of nitrogens with one attached hydrogen (secondary N) is 1. The van der Waals surface area contributed by atoms with E-state index in [-0.39, 0.29) is 12.2 Å². The van der Waals surface area contributed by atoms with Crippen molar-refractivity contribution in [2.45, 2.75) is 25.2 Å². The van der Waals surface area contributed by atoms with Crippen LogP contribution in [0.2, 0.25) is 0 Å². The van der Waals surface area contributed by atoms with E-state index in [2.05, 4.69) is 5.32 Å². The summed E-state index contributed by atoms with van der Waals surface area (Å²) in [4.78, 5) is 10.8. The van der Waals surface area contributed by atoms with Crippen molar-refractivity contribution < 1.29 is 19.1 Å². The summed E-state index contributed by atoms with van der Waals surface area (Å²) in [6.45, 7) is 2.19. The number of rotatable bonds is 2. The molecule has 82 valence electrons. The van der Waals surface area contributed by atoms with Gasteiger partial charge in [-0.3, -0.25) is 10.1 Å². The lowest BCUT2D eigenvalue weighted by Crippen LogP contribution is -2.52. The van der Waals surface area contributed by atoms with Crippen molar-refractivity contribution in [1.29, 1.82) is 0 Å². The van der Waals surface area contributed by atoms with Gasteiger partial charge in [-0.25, -0.2) is 0 Å². The maximum absolute atomic E-state index is 10.8. The van der Waals surface area contributed by atoms with Crippen molar-refractivity contribution in [1.82, 2.24) is 5.32 Å². The first-order chi connectivity index (χ1) is 7.18. The molecular formula is C10H13NO4. The van der Waals surface area contributed by atoms with Crippen LogP contribution in [0.15, 0.2) is 22.8 Å². The van der Waals surface area contributed by atoms with Crippen LogP contribution in [0.25, 0.3) is 0 Å². The van der Waals surface area contributed by atoms with E-state index in [1.54, 1.807) is 19.3 Å². The van der Waals surface area contributed by atoms with Gasteiger partial charge in [0.15, 0.2) is 0 Å². The third-order valence-corrected chi connectivity index (χ3v) is 2.50. The van der Waals surface area contributed by atoms with Crippen molar-refractivity contribution >= 4 is 5.97 Å². The molecule has 1 saturated heterocycles. The molecule has 1 aromatic heterocycles. The second-order valence-electron chi connectivity index (χ2n) is 3.57. The van der Waals surface area contributed by atoms with Gasteiger partial charge >= 0.3 is 5.97 Å². The second-order valence-corrected chi connectivity index (χ2v) is 3.57. The quantitative estimate of drug-likeness (QED) is 0.756. The molecule has 0 aromatic carbocycles. The van der Waals surface area contributed by atoms with Gasteiger partial charge in [0.1, 0.15) is 17.9 Å². The van der Waals surface area contributed by atoms with Crippen LogP contribution in [-0.4, -0.2) is 29.8 Å². The van der Waals surface area contributed by atoms with Crippen molar-refractivity contribution in [3.63, 3.8) is 0 Å². The van der Waals surface area contributed by atoms with Gasteiger partial charge in [0.2, 0.25) is 0 Å². The van der Waals surface area contributed by atoms with Crippen molar-refractivity contribution in [2.75, 3.05) is 6.54 Å². The van der Waals surface area contributed by atoms with Crippen LogP contribution in [0, 0.1) is 0 Å². The zero-order chi connectivity index (χ0) is 10.8. The van der Waals surface area contributed by atoms with Crippen LogP contribution in [0.1, 0.15) is 18.8 Å². The lowest BCUT2D eigenvalue weighted by Gasteiger charge is -2.32. The van der Waals surface area contributed by atoms with Crippen LogP contribution >= 0.6 is 0 Å². The lowest BCUT2D eigenvalue weighted by molar-refractivity contribution is -0.150. The molecule has 3 atom stereocenters. The van der Waals surface area contributed by atoms with E-state index in [4.69, 9.17) is 14.3 Å². The van der Waals surface area contributed by atoms with E-state index in [0.29, 0.717) is 6.54 Å². The maximum atomic E-state index is 10.8. The molecule has 1 aromatic rings. The minimum atomic E-state index is -0.889. The van der Waals surface area contributed by atoms with Gasteiger partial charge in [-0.1, -0.05) is 0 Å². The zero-order valence-corrected chi connectivity index (χ0v) is 8.34. The fourth-order valence-electron chi connectivity index (χ4n) is 1.72. The molecule has 15 heavy (non-hydrogen) atoms. The number of hydrogen-bond acceptors (Lipinski definition) is 4. The molecule has 2 N–H and O–H groups in total. The summed E-state index contributed by atoms with van der Waals surface area (Å²) in [5.41, 5.74) is 0. The van der Waals surface area contributed by atoms with E-state index < -0.39 is 12.0 Å². The molecule has 0 bridgehead atoms. The monoisotopic (exact) mass is 211 g/mol. The summed E-state index contributed by atoms with van der Waals surface area (Å²) in [5, 5.41) is 11.8. The number of carboxylic acid groups (broad SMARTS) is 1. The SMILES string of the molecule is CC1OC(c2ccco2)CNC1C(=O)O. The summed E-state index contributed by atoms with van der Waals surface area (Å²) in [7, 11) is 0. The highest BCUT2D eigenvalue weighted by molar-refractivity contribution is 5.74. The second kappa shape index (κ2) is 4.04. The average Bonchev–Trinajstić information content (AvgIpc) is 2.69. The van der Waals surface area contributed by atoms with E-state index in [9.17, 15) is 4.79 Å². The number of morpholine rings is 1. The van der Waals surface area contributed by atoms with Crippen LogP contribution < -0.4 is 5.32 Å². The van der Waals surface area contributed by atoms with E-state index >= 15 is 0 Å². The molecule has 1 fully saturated rings. The fraction of sp³-hybridized carbons (Fsp3) is 0.500. The van der Waals surface area contributed by atoms with Gasteiger partial charge < -0.3 is 14.3 Å². The van der Waals surface area contributed by atoms with Crippen LogP contribution in [0.3, 0.4) is 0 Å². The van der Waals surface area contributed by atoms with Crippen LogP contribution in [-0.2, 0) is 9.53 Å². The third-order valence-electron chi connectivity index (χ3n) is 2.50. The number of ether oxygens (including phenoxy) is 1. The predicted molar refractivity (Wildman–Crippen MR) is 51.4 cm³/mol. The lowest BCUT2D eigenvalue weighted by atomic mass is 10.1. The molecule has 1 aliphatic heterocycles. The van der Waals surface area contributed by atoms with Crippen LogP contribution in [0.5, 0.6) is 0 Å². The Hall–Kier alpha value is -1.33. The minimum Gasteiger partial charge on any atom is -0.480 e. The summed E-state index contributed by atoms with van der Waals surface area (Å²) in [6, 6.07) is 2.96.